The van der Waals surface area contributed by atoms with Crippen molar-refractivity contribution in [2.45, 2.75) is 19.6 Å². The molecule has 222 valence electrons. The molecule has 0 saturated carbocycles. The molecule has 0 aliphatic rings. The zero-order valence-corrected chi connectivity index (χ0v) is 29.3. The molecule has 0 aliphatic carbocycles. The molecule has 9 aromatic rings. The Kier molecular flexibility index (Phi) is 6.87. The summed E-state index contributed by atoms with van der Waals surface area (Å²) in [6.07, 6.45) is 8.95. The fourth-order valence-corrected chi connectivity index (χ4v) is 10.7. The van der Waals surface area contributed by atoms with Crippen molar-refractivity contribution in [2.24, 2.45) is 0 Å². The molecule has 0 amide bonds. The highest BCUT2D eigenvalue weighted by molar-refractivity contribution is 8.00. The van der Waals surface area contributed by atoms with Crippen LogP contribution in [0.1, 0.15) is 0 Å². The smallest absolute Gasteiger partial charge is 0.0227 e. The molecular weight excluding hydrogens is 633 g/mol. The van der Waals surface area contributed by atoms with E-state index in [1.165, 1.54) is 106 Å². The highest BCUT2D eigenvalue weighted by Gasteiger charge is 2.20. The van der Waals surface area contributed by atoms with E-state index in [0.717, 1.165) is 0 Å². The Labute approximate surface area is 285 Å². The van der Waals surface area contributed by atoms with Gasteiger partial charge in [-0.25, -0.2) is 0 Å². The summed E-state index contributed by atoms with van der Waals surface area (Å²) in [5.74, 6) is 0. The van der Waals surface area contributed by atoms with Gasteiger partial charge in [-0.3, -0.25) is 0 Å². The lowest BCUT2D eigenvalue weighted by molar-refractivity contribution is 1.52. The molecule has 0 atom stereocenters. The fourth-order valence-electron chi connectivity index (χ4n) is 7.55. The van der Waals surface area contributed by atoms with Gasteiger partial charge in [-0.15, -0.1) is 47.0 Å². The van der Waals surface area contributed by atoms with Crippen LogP contribution < -0.4 is 0 Å². The van der Waals surface area contributed by atoms with Crippen molar-refractivity contribution in [3.63, 3.8) is 0 Å². The van der Waals surface area contributed by atoms with E-state index in [0.29, 0.717) is 0 Å². The molecular formula is C42H30S4. The average Bonchev–Trinajstić information content (AvgIpc) is 3.08. The number of rotatable bonds is 4. The molecule has 0 aromatic heterocycles. The number of hydrogen-bond acceptors (Lipinski definition) is 4. The maximum absolute atomic E-state index is 2.51. The van der Waals surface area contributed by atoms with Crippen molar-refractivity contribution in [2.75, 3.05) is 25.0 Å². The molecule has 0 bridgehead atoms. The second-order valence-corrected chi connectivity index (χ2v) is 15.2. The minimum absolute atomic E-state index is 1.29. The van der Waals surface area contributed by atoms with Gasteiger partial charge < -0.3 is 0 Å². The molecule has 0 unspecified atom stereocenters. The van der Waals surface area contributed by atoms with Gasteiger partial charge in [-0.2, -0.15) is 0 Å². The Bertz CT molecular complexity index is 2370. The van der Waals surface area contributed by atoms with Crippen LogP contribution in [0.25, 0.3) is 86.2 Å². The Morgan fingerprint density at radius 1 is 0.261 bits per heavy atom. The van der Waals surface area contributed by atoms with Gasteiger partial charge in [0.2, 0.25) is 0 Å². The summed E-state index contributed by atoms with van der Waals surface area (Å²) in [5, 5.41) is 21.2. The van der Waals surface area contributed by atoms with Gasteiger partial charge in [0.15, 0.2) is 0 Å². The number of thioether (sulfide) groups is 4. The van der Waals surface area contributed by atoms with Crippen molar-refractivity contribution in [3.8, 4) is 0 Å². The Morgan fingerprint density at radius 2 is 0.478 bits per heavy atom. The second-order valence-electron chi connectivity index (χ2n) is 12.0. The second kappa shape index (κ2) is 11.0. The summed E-state index contributed by atoms with van der Waals surface area (Å²) in [7, 11) is 0. The van der Waals surface area contributed by atoms with Crippen LogP contribution in [0, 0.1) is 0 Å². The van der Waals surface area contributed by atoms with E-state index in [1.807, 2.05) is 47.0 Å². The molecule has 0 N–H and O–H groups in total. The highest BCUT2D eigenvalue weighted by Crippen LogP contribution is 2.49. The largest absolute Gasteiger partial charge is 0.128 e. The topological polar surface area (TPSA) is 0 Å². The highest BCUT2D eigenvalue weighted by atomic mass is 32.2. The van der Waals surface area contributed by atoms with Crippen LogP contribution in [-0.4, -0.2) is 25.0 Å². The first kappa shape index (κ1) is 28.7. The van der Waals surface area contributed by atoms with E-state index in [-0.39, 0.29) is 0 Å². The van der Waals surface area contributed by atoms with E-state index in [1.54, 1.807) is 0 Å². The third-order valence-electron chi connectivity index (χ3n) is 9.61. The summed E-state index contributed by atoms with van der Waals surface area (Å²) in [4.78, 5) is 5.45. The van der Waals surface area contributed by atoms with E-state index in [9.17, 15) is 0 Å². The van der Waals surface area contributed by atoms with Crippen molar-refractivity contribution in [3.05, 3.63) is 109 Å². The van der Waals surface area contributed by atoms with E-state index >= 15 is 0 Å². The van der Waals surface area contributed by atoms with Crippen molar-refractivity contribution in [1.29, 1.82) is 0 Å². The molecule has 4 heteroatoms. The monoisotopic (exact) mass is 662 g/mol. The minimum Gasteiger partial charge on any atom is -0.128 e. The lowest BCUT2D eigenvalue weighted by atomic mass is 9.93. The quantitative estimate of drug-likeness (QED) is 0.136. The first-order chi connectivity index (χ1) is 22.6. The third kappa shape index (κ3) is 4.20. The van der Waals surface area contributed by atoms with Gasteiger partial charge in [-0.1, -0.05) is 48.5 Å². The first-order valence-electron chi connectivity index (χ1n) is 15.4. The number of fused-ring (bicyclic) bond motifs is 8. The fraction of sp³-hybridized carbons (Fsp3) is 0.0952. The van der Waals surface area contributed by atoms with Crippen molar-refractivity contribution >= 4 is 133 Å². The third-order valence-corrected chi connectivity index (χ3v) is 13.0. The number of hydrogen-bond donors (Lipinski definition) is 0. The molecule has 9 aromatic carbocycles. The number of benzene rings is 9. The maximum Gasteiger partial charge on any atom is 0.0227 e. The molecule has 0 saturated heterocycles. The first-order valence-corrected chi connectivity index (χ1v) is 20.3. The molecule has 9 rings (SSSR count). The summed E-state index contributed by atoms with van der Waals surface area (Å²) in [6.45, 7) is 0. The summed E-state index contributed by atoms with van der Waals surface area (Å²) in [6, 6.07) is 41.6. The summed E-state index contributed by atoms with van der Waals surface area (Å²) >= 11 is 7.51. The van der Waals surface area contributed by atoms with Gasteiger partial charge in [0.25, 0.3) is 0 Å². The normalized spacial score (nSPS) is 12.3. The molecule has 46 heavy (non-hydrogen) atoms. The summed E-state index contributed by atoms with van der Waals surface area (Å²) < 4.78 is 0. The van der Waals surface area contributed by atoms with Crippen LogP contribution in [-0.2, 0) is 0 Å². The van der Waals surface area contributed by atoms with Gasteiger partial charge in [0, 0.05) is 19.6 Å². The Balaban J connectivity index is 1.44. The maximum atomic E-state index is 2.51. The van der Waals surface area contributed by atoms with Crippen LogP contribution in [0.3, 0.4) is 0 Å². The zero-order chi connectivity index (χ0) is 31.1. The van der Waals surface area contributed by atoms with Crippen LogP contribution in [0.5, 0.6) is 0 Å². The lowest BCUT2D eigenvalue weighted by Crippen LogP contribution is -1.92. The predicted octanol–water partition coefficient (Wildman–Crippen LogP) is 13.8. The molecule has 0 radical (unpaired) electrons. The van der Waals surface area contributed by atoms with Crippen LogP contribution in [0.2, 0.25) is 0 Å². The van der Waals surface area contributed by atoms with Gasteiger partial charge >= 0.3 is 0 Å². The molecule has 0 aliphatic heterocycles. The summed E-state index contributed by atoms with van der Waals surface area (Å²) in [5.41, 5.74) is 0. The van der Waals surface area contributed by atoms with Crippen LogP contribution >= 0.6 is 47.0 Å². The Hall–Kier alpha value is -3.54. The van der Waals surface area contributed by atoms with Gasteiger partial charge in [0.1, 0.15) is 0 Å². The lowest BCUT2D eigenvalue weighted by Gasteiger charge is -2.20. The standard InChI is InChI=1S/C42H30S4/c1-43-39-31-17-27-13-23-9-5-6-10-24(23)14-28(27)18-32(31)40(44-2)36-22-38-37(21-35(36)39)41(45-3)33-19-29-15-25-11-7-8-12-26(25)16-30(29)20-34(33)42(38)46-4/h5-22H,1-4H3. The molecule has 0 heterocycles. The minimum atomic E-state index is 1.29. The van der Waals surface area contributed by atoms with E-state index < -0.39 is 0 Å². The van der Waals surface area contributed by atoms with E-state index in [2.05, 4.69) is 134 Å². The Morgan fingerprint density at radius 3 is 0.696 bits per heavy atom. The van der Waals surface area contributed by atoms with Crippen LogP contribution in [0.15, 0.2) is 129 Å². The molecule has 0 nitrogen and oxygen atoms in total. The average molecular weight is 663 g/mol. The zero-order valence-electron chi connectivity index (χ0n) is 26.0. The molecule has 0 spiro atoms. The van der Waals surface area contributed by atoms with E-state index in [4.69, 9.17) is 0 Å². The predicted molar refractivity (Wildman–Crippen MR) is 214 cm³/mol. The van der Waals surface area contributed by atoms with Gasteiger partial charge in [0.05, 0.1) is 0 Å². The van der Waals surface area contributed by atoms with Gasteiger partial charge in [-0.05, 0) is 172 Å². The van der Waals surface area contributed by atoms with Crippen LogP contribution in [0.4, 0.5) is 0 Å². The molecule has 0 fully saturated rings. The SMILES string of the molecule is CSc1c2cc3cc4ccccc4cc3cc2c(SC)c2cc3c(SC)c4cc5cc6ccccc6cc5cc4c(SC)c3cc12. The van der Waals surface area contributed by atoms with Crippen molar-refractivity contribution < 1.29 is 0 Å². The van der Waals surface area contributed by atoms with Crippen molar-refractivity contribution in [1.82, 2.24) is 0 Å².